The number of benzene rings is 3. The Morgan fingerprint density at radius 1 is 0.708 bits per heavy atom. The maximum absolute atomic E-state index is 3.67. The van der Waals surface area contributed by atoms with Crippen molar-refractivity contribution < 1.29 is 0 Å². The fourth-order valence-corrected chi connectivity index (χ4v) is 4.10. The number of hydrogen-bond donors (Lipinski definition) is 2. The van der Waals surface area contributed by atoms with Crippen LogP contribution in [0.5, 0.6) is 0 Å². The molecule has 0 saturated carbocycles. The Morgan fingerprint density at radius 2 is 1.50 bits per heavy atom. The quantitative estimate of drug-likeness (QED) is 0.525. The van der Waals surface area contributed by atoms with Gasteiger partial charge in [-0.25, -0.2) is 0 Å². The smallest absolute Gasteiger partial charge is 0.0465 e. The van der Waals surface area contributed by atoms with E-state index in [1.165, 1.54) is 44.1 Å². The fourth-order valence-electron chi connectivity index (χ4n) is 4.10. The maximum Gasteiger partial charge on any atom is 0.0465 e. The van der Waals surface area contributed by atoms with Crippen LogP contribution in [0.1, 0.15) is 11.3 Å². The number of H-pyrrole nitrogens is 1. The van der Waals surface area contributed by atoms with Gasteiger partial charge in [0.15, 0.2) is 0 Å². The van der Waals surface area contributed by atoms with E-state index in [1.54, 1.807) is 0 Å². The zero-order chi connectivity index (χ0) is 15.9. The lowest BCUT2D eigenvalue weighted by molar-refractivity contribution is 0.708. The molecule has 118 valence electrons. The lowest BCUT2D eigenvalue weighted by Crippen LogP contribution is -2.16. The molecular weight excluding hydrogens is 292 g/mol. The first-order valence-corrected chi connectivity index (χ1v) is 8.73. The van der Waals surface area contributed by atoms with Crippen LogP contribution in [0.4, 0.5) is 0 Å². The van der Waals surface area contributed by atoms with Crippen LogP contribution < -0.4 is 5.32 Å². The summed E-state index contributed by atoms with van der Waals surface area (Å²) in [6.07, 6.45) is 2.18. The molecule has 1 aromatic heterocycles. The summed E-state index contributed by atoms with van der Waals surface area (Å²) in [4.78, 5) is 3.67. The van der Waals surface area contributed by atoms with E-state index in [-0.39, 0.29) is 0 Å². The van der Waals surface area contributed by atoms with Crippen LogP contribution in [0.25, 0.3) is 32.8 Å². The van der Waals surface area contributed by atoms with E-state index in [0.29, 0.717) is 0 Å². The number of rotatable bonds is 1. The molecule has 0 fully saturated rings. The van der Waals surface area contributed by atoms with E-state index < -0.39 is 0 Å². The van der Waals surface area contributed by atoms with Gasteiger partial charge in [0, 0.05) is 29.6 Å². The number of hydrogen-bond acceptors (Lipinski definition) is 1. The summed E-state index contributed by atoms with van der Waals surface area (Å²) in [6.45, 7) is 2.12. The number of fused-ring (bicyclic) bond motifs is 4. The predicted molar refractivity (Wildman–Crippen MR) is 102 cm³/mol. The molecule has 24 heavy (non-hydrogen) atoms. The summed E-state index contributed by atoms with van der Waals surface area (Å²) < 4.78 is 0. The molecule has 0 amide bonds. The lowest BCUT2D eigenvalue weighted by atomic mass is 9.93. The van der Waals surface area contributed by atoms with Crippen molar-refractivity contribution in [2.75, 3.05) is 13.1 Å². The van der Waals surface area contributed by atoms with E-state index in [4.69, 9.17) is 0 Å². The van der Waals surface area contributed by atoms with Crippen molar-refractivity contribution in [1.29, 1.82) is 0 Å². The molecule has 5 rings (SSSR count). The summed E-state index contributed by atoms with van der Waals surface area (Å²) in [7, 11) is 0. The van der Waals surface area contributed by atoms with Crippen molar-refractivity contribution in [2.24, 2.45) is 0 Å². The maximum atomic E-state index is 3.67. The minimum Gasteiger partial charge on any atom is -0.358 e. The van der Waals surface area contributed by atoms with Gasteiger partial charge in [0.25, 0.3) is 0 Å². The average molecular weight is 312 g/mol. The van der Waals surface area contributed by atoms with E-state index in [9.17, 15) is 0 Å². The van der Waals surface area contributed by atoms with Gasteiger partial charge >= 0.3 is 0 Å². The Morgan fingerprint density at radius 3 is 2.50 bits per heavy atom. The number of aromatic nitrogens is 1. The predicted octanol–water partition coefficient (Wildman–Crippen LogP) is 4.68. The van der Waals surface area contributed by atoms with Crippen molar-refractivity contribution in [3.8, 4) is 11.1 Å². The minimum atomic E-state index is 1.06. The van der Waals surface area contributed by atoms with Crippen molar-refractivity contribution in [1.82, 2.24) is 10.3 Å². The van der Waals surface area contributed by atoms with Crippen LogP contribution in [0.15, 0.2) is 60.7 Å². The summed E-state index contributed by atoms with van der Waals surface area (Å²) in [5.74, 6) is 0. The van der Waals surface area contributed by atoms with Gasteiger partial charge in [-0.3, -0.25) is 0 Å². The molecule has 0 unspecified atom stereocenters. The van der Waals surface area contributed by atoms with Gasteiger partial charge in [-0.15, -0.1) is 0 Å². The highest BCUT2D eigenvalue weighted by molar-refractivity contribution is 6.06. The van der Waals surface area contributed by atoms with Crippen molar-refractivity contribution in [3.05, 3.63) is 71.9 Å². The third-order valence-electron chi connectivity index (χ3n) is 5.20. The van der Waals surface area contributed by atoms with Crippen LogP contribution >= 0.6 is 0 Å². The number of aromatic amines is 1. The van der Waals surface area contributed by atoms with E-state index in [1.807, 2.05) is 0 Å². The Labute approximate surface area is 141 Å². The van der Waals surface area contributed by atoms with Gasteiger partial charge in [0.05, 0.1) is 0 Å². The molecule has 0 aliphatic carbocycles. The second kappa shape index (κ2) is 5.50. The summed E-state index contributed by atoms with van der Waals surface area (Å²) >= 11 is 0. The molecule has 2 nitrogen and oxygen atoms in total. The highest BCUT2D eigenvalue weighted by Gasteiger charge is 2.17. The van der Waals surface area contributed by atoms with E-state index in [2.05, 4.69) is 71.0 Å². The standard InChI is InChI=1S/C22H20N2/c1-2-7-16-15(5-1)6-3-8-17(16)18-9-4-10-21-22(18)19-11-13-23-14-12-20(19)24-21/h1-10,23-24H,11-14H2. The normalized spacial score (nSPS) is 14.7. The first kappa shape index (κ1) is 13.8. The molecule has 0 saturated heterocycles. The zero-order valence-electron chi connectivity index (χ0n) is 13.6. The molecule has 1 aliphatic heterocycles. The van der Waals surface area contributed by atoms with Gasteiger partial charge in [-0.1, -0.05) is 54.6 Å². The molecular formula is C22H20N2. The van der Waals surface area contributed by atoms with Crippen LogP contribution in [-0.2, 0) is 12.8 Å². The first-order valence-electron chi connectivity index (χ1n) is 8.73. The average Bonchev–Trinajstić information content (AvgIpc) is 2.83. The molecule has 4 aromatic rings. The fraction of sp³-hybridized carbons (Fsp3) is 0.182. The summed E-state index contributed by atoms with van der Waals surface area (Å²) in [6, 6.07) is 22.0. The summed E-state index contributed by atoms with van der Waals surface area (Å²) in [5.41, 5.74) is 6.86. The van der Waals surface area contributed by atoms with Gasteiger partial charge in [-0.2, -0.15) is 0 Å². The monoisotopic (exact) mass is 312 g/mol. The largest absolute Gasteiger partial charge is 0.358 e. The SMILES string of the molecule is c1ccc2c(-c3cccc4[nH]c5c(c34)CCNCC5)cccc2c1. The topological polar surface area (TPSA) is 27.8 Å². The molecule has 0 radical (unpaired) electrons. The molecule has 2 heterocycles. The Kier molecular flexibility index (Phi) is 3.17. The van der Waals surface area contributed by atoms with Crippen molar-refractivity contribution >= 4 is 21.7 Å². The second-order valence-electron chi connectivity index (χ2n) is 6.59. The van der Waals surface area contributed by atoms with Crippen molar-refractivity contribution in [2.45, 2.75) is 12.8 Å². The molecule has 1 aliphatic rings. The highest BCUT2D eigenvalue weighted by Crippen LogP contribution is 2.37. The van der Waals surface area contributed by atoms with Crippen LogP contribution in [0.2, 0.25) is 0 Å². The zero-order valence-corrected chi connectivity index (χ0v) is 13.6. The molecule has 2 N–H and O–H groups in total. The van der Waals surface area contributed by atoms with Crippen LogP contribution in [0, 0.1) is 0 Å². The first-order chi connectivity index (χ1) is 11.9. The van der Waals surface area contributed by atoms with E-state index in [0.717, 1.165) is 25.9 Å². The van der Waals surface area contributed by atoms with Gasteiger partial charge in [0.2, 0.25) is 0 Å². The Balaban J connectivity index is 1.85. The molecule has 2 heteroatoms. The third-order valence-corrected chi connectivity index (χ3v) is 5.20. The van der Waals surface area contributed by atoms with Gasteiger partial charge < -0.3 is 10.3 Å². The van der Waals surface area contributed by atoms with Crippen LogP contribution in [0.3, 0.4) is 0 Å². The number of nitrogens with one attached hydrogen (secondary N) is 2. The van der Waals surface area contributed by atoms with Crippen LogP contribution in [-0.4, -0.2) is 18.1 Å². The Bertz CT molecular complexity index is 1040. The molecule has 0 bridgehead atoms. The lowest BCUT2D eigenvalue weighted by Gasteiger charge is -2.10. The minimum absolute atomic E-state index is 1.06. The Hall–Kier alpha value is -2.58. The van der Waals surface area contributed by atoms with Crippen molar-refractivity contribution in [3.63, 3.8) is 0 Å². The van der Waals surface area contributed by atoms with E-state index >= 15 is 0 Å². The second-order valence-corrected chi connectivity index (χ2v) is 6.59. The molecule has 0 spiro atoms. The van der Waals surface area contributed by atoms with Gasteiger partial charge in [-0.05, 0) is 46.5 Å². The van der Waals surface area contributed by atoms with Gasteiger partial charge in [0.1, 0.15) is 0 Å². The summed E-state index contributed by atoms with van der Waals surface area (Å²) in [5, 5.41) is 7.55. The highest BCUT2D eigenvalue weighted by atomic mass is 14.9. The molecule has 0 atom stereocenters. The molecule has 3 aromatic carbocycles. The third kappa shape index (κ3) is 2.07.